The number of nitrogens with zero attached hydrogens (tertiary/aromatic N) is 4. The van der Waals surface area contributed by atoms with Gasteiger partial charge in [0.1, 0.15) is 17.9 Å². The van der Waals surface area contributed by atoms with Gasteiger partial charge in [0.15, 0.2) is 0 Å². The van der Waals surface area contributed by atoms with Crippen molar-refractivity contribution in [3.63, 3.8) is 0 Å². The maximum absolute atomic E-state index is 12.5. The zero-order valence-electron chi connectivity index (χ0n) is 39.1. The van der Waals surface area contributed by atoms with Crippen LogP contribution >= 0.6 is 11.3 Å². The second kappa shape index (κ2) is 15.3. The summed E-state index contributed by atoms with van der Waals surface area (Å²) in [5.74, 6) is 1.32. The minimum atomic E-state index is -0.319. The zero-order chi connectivity index (χ0) is 44.7. The van der Waals surface area contributed by atoms with Gasteiger partial charge in [-0.25, -0.2) is 15.0 Å². The summed E-state index contributed by atoms with van der Waals surface area (Å²) in [5.41, 5.74) is 15.9. The van der Waals surface area contributed by atoms with E-state index in [1.165, 1.54) is 16.7 Å². The molecule has 0 unspecified atom stereocenters. The molecule has 0 aliphatic rings. The smallest absolute Gasteiger partial charge is 0.149 e. The second-order valence-electron chi connectivity index (χ2n) is 21.5. The van der Waals surface area contributed by atoms with Gasteiger partial charge in [-0.1, -0.05) is 158 Å². The SMILES string of the molecule is CC(C)c1csc2c(-c3cc(-c4cccc5c4nc(-c4cc(C(C)(C)C)cc(C(C)(C)C)c4O)n5-c4ccc(C(C)(C)C)cc4-c4ccccc4)cc(C(C)(C)C)c3)ncnc12. The van der Waals surface area contributed by atoms with Gasteiger partial charge in [0, 0.05) is 22.3 Å². The van der Waals surface area contributed by atoms with Crippen molar-refractivity contribution in [2.75, 3.05) is 0 Å². The van der Waals surface area contributed by atoms with E-state index in [-0.39, 0.29) is 27.4 Å². The Morgan fingerprint density at radius 2 is 1.21 bits per heavy atom. The molecule has 318 valence electrons. The molecular weight excluding hydrogens is 777 g/mol. The number of rotatable bonds is 6. The number of hydrogen-bond acceptors (Lipinski definition) is 5. The number of thiophene rings is 1. The van der Waals surface area contributed by atoms with Crippen LogP contribution in [0, 0.1) is 0 Å². The molecule has 0 spiro atoms. The van der Waals surface area contributed by atoms with Crippen molar-refractivity contribution in [3.05, 3.63) is 137 Å². The van der Waals surface area contributed by atoms with E-state index in [1.807, 2.05) is 0 Å². The quantitative estimate of drug-likeness (QED) is 0.181. The maximum atomic E-state index is 12.5. The fourth-order valence-corrected chi connectivity index (χ4v) is 9.64. The molecule has 5 nitrogen and oxygen atoms in total. The number of hydrogen-bond donors (Lipinski definition) is 1. The van der Waals surface area contributed by atoms with Crippen molar-refractivity contribution in [2.45, 2.75) is 125 Å². The van der Waals surface area contributed by atoms with Gasteiger partial charge in [0.25, 0.3) is 0 Å². The minimum Gasteiger partial charge on any atom is -0.507 e. The number of para-hydroxylation sites is 1. The fraction of sp³-hybridized carbons (Fsp3) is 0.339. The summed E-state index contributed by atoms with van der Waals surface area (Å²) < 4.78 is 3.40. The standard InChI is InChI=1S/C56H62N4OS/c1-33(2)43-31-62-51-47(57-32-58-49(43)51)36-25-35(26-38(27-36)54(6,7)8)40-21-18-22-46-48(40)59-52(42-29-39(55(9,10)11)30-44(50(42)61)56(12,13)14)60(46)45-24-23-37(53(3,4)5)28-41(45)34-19-16-15-17-20-34/h15-33,61H,1-14H3. The molecule has 8 rings (SSSR count). The number of phenols is 1. The highest BCUT2D eigenvalue weighted by Gasteiger charge is 2.30. The molecule has 5 aromatic carbocycles. The normalized spacial score (nSPS) is 12.9. The second-order valence-corrected chi connectivity index (χ2v) is 22.4. The van der Waals surface area contributed by atoms with Gasteiger partial charge in [-0.15, -0.1) is 11.3 Å². The van der Waals surface area contributed by atoms with Gasteiger partial charge >= 0.3 is 0 Å². The summed E-state index contributed by atoms with van der Waals surface area (Å²) in [6.45, 7) is 31.3. The lowest BCUT2D eigenvalue weighted by Crippen LogP contribution is -2.17. The van der Waals surface area contributed by atoms with Gasteiger partial charge in [-0.3, -0.25) is 4.57 Å². The first-order valence-corrected chi connectivity index (χ1v) is 22.9. The van der Waals surface area contributed by atoms with Crippen LogP contribution in [0.15, 0.2) is 109 Å². The third-order valence-electron chi connectivity index (χ3n) is 12.3. The summed E-state index contributed by atoms with van der Waals surface area (Å²) >= 11 is 1.73. The number of aromatic hydroxyl groups is 1. The first kappa shape index (κ1) is 43.1. The molecule has 1 N–H and O–H groups in total. The molecule has 0 radical (unpaired) electrons. The van der Waals surface area contributed by atoms with Crippen molar-refractivity contribution in [1.29, 1.82) is 0 Å². The average molecular weight is 839 g/mol. The van der Waals surface area contributed by atoms with Crippen LogP contribution < -0.4 is 0 Å². The Labute approximate surface area is 373 Å². The molecule has 6 heteroatoms. The van der Waals surface area contributed by atoms with Gasteiger partial charge in [0.05, 0.1) is 38.2 Å². The predicted molar refractivity (Wildman–Crippen MR) is 264 cm³/mol. The molecule has 62 heavy (non-hydrogen) atoms. The van der Waals surface area contributed by atoms with Crippen LogP contribution in [0.25, 0.3) is 71.8 Å². The third-order valence-corrected chi connectivity index (χ3v) is 13.3. The van der Waals surface area contributed by atoms with E-state index in [1.54, 1.807) is 17.7 Å². The summed E-state index contributed by atoms with van der Waals surface area (Å²) in [4.78, 5) is 15.4. The topological polar surface area (TPSA) is 63.8 Å². The maximum Gasteiger partial charge on any atom is 0.149 e. The summed E-state index contributed by atoms with van der Waals surface area (Å²) in [6, 6.07) is 35.3. The Morgan fingerprint density at radius 1 is 0.565 bits per heavy atom. The highest BCUT2D eigenvalue weighted by Crippen LogP contribution is 2.47. The zero-order valence-corrected chi connectivity index (χ0v) is 39.9. The van der Waals surface area contributed by atoms with Crippen LogP contribution in [0.3, 0.4) is 0 Å². The highest BCUT2D eigenvalue weighted by molar-refractivity contribution is 7.17. The van der Waals surface area contributed by atoms with Gasteiger partial charge < -0.3 is 5.11 Å². The van der Waals surface area contributed by atoms with E-state index in [0.29, 0.717) is 11.7 Å². The fourth-order valence-electron chi connectivity index (χ4n) is 8.45. The summed E-state index contributed by atoms with van der Waals surface area (Å²) in [7, 11) is 0. The average Bonchev–Trinajstić information content (AvgIpc) is 3.82. The van der Waals surface area contributed by atoms with E-state index >= 15 is 0 Å². The molecule has 0 aliphatic carbocycles. The summed E-state index contributed by atoms with van der Waals surface area (Å²) in [6.07, 6.45) is 1.72. The van der Waals surface area contributed by atoms with Gasteiger partial charge in [-0.2, -0.15) is 0 Å². The van der Waals surface area contributed by atoms with E-state index in [2.05, 4.69) is 204 Å². The highest BCUT2D eigenvalue weighted by atomic mass is 32.1. The van der Waals surface area contributed by atoms with Crippen LogP contribution in [0.5, 0.6) is 5.75 Å². The van der Waals surface area contributed by atoms with Crippen LogP contribution in [0.2, 0.25) is 0 Å². The number of imidazole rings is 1. The number of fused-ring (bicyclic) bond motifs is 2. The van der Waals surface area contributed by atoms with E-state index in [0.717, 1.165) is 77.1 Å². The van der Waals surface area contributed by atoms with Crippen molar-refractivity contribution >= 4 is 32.6 Å². The molecule has 0 fully saturated rings. The Bertz CT molecular complexity index is 2980. The Kier molecular flexibility index (Phi) is 10.7. The van der Waals surface area contributed by atoms with Gasteiger partial charge in [0.2, 0.25) is 0 Å². The monoisotopic (exact) mass is 838 g/mol. The van der Waals surface area contributed by atoms with E-state index in [4.69, 9.17) is 15.0 Å². The van der Waals surface area contributed by atoms with Crippen molar-refractivity contribution in [2.24, 2.45) is 0 Å². The first-order valence-electron chi connectivity index (χ1n) is 22.0. The molecule has 0 bridgehead atoms. The predicted octanol–water partition coefficient (Wildman–Crippen LogP) is 15.7. The molecular formula is C56H62N4OS. The van der Waals surface area contributed by atoms with E-state index in [9.17, 15) is 5.11 Å². The van der Waals surface area contributed by atoms with Crippen LogP contribution in [0.1, 0.15) is 131 Å². The lowest BCUT2D eigenvalue weighted by Gasteiger charge is -2.28. The number of phenolic OH excluding ortho intramolecular Hbond substituents is 1. The summed E-state index contributed by atoms with van der Waals surface area (Å²) in [5, 5.41) is 14.8. The molecule has 0 atom stereocenters. The van der Waals surface area contributed by atoms with Crippen molar-refractivity contribution in [3.8, 4) is 56.3 Å². The molecule has 3 heterocycles. The molecule has 3 aromatic heterocycles. The third kappa shape index (κ3) is 7.87. The molecule has 0 saturated heterocycles. The molecule has 0 amide bonds. The lowest BCUT2D eigenvalue weighted by atomic mass is 9.79. The van der Waals surface area contributed by atoms with Gasteiger partial charge in [-0.05, 0) is 103 Å². The van der Waals surface area contributed by atoms with Crippen LogP contribution in [0.4, 0.5) is 0 Å². The van der Waals surface area contributed by atoms with Crippen molar-refractivity contribution in [1.82, 2.24) is 19.5 Å². The molecule has 8 aromatic rings. The Balaban J connectivity index is 1.49. The van der Waals surface area contributed by atoms with E-state index < -0.39 is 0 Å². The Hall–Kier alpha value is -5.59. The Morgan fingerprint density at radius 3 is 1.85 bits per heavy atom. The molecule has 0 aliphatic heterocycles. The van der Waals surface area contributed by atoms with Crippen molar-refractivity contribution < 1.29 is 5.11 Å². The molecule has 0 saturated carbocycles. The lowest BCUT2D eigenvalue weighted by molar-refractivity contribution is 0.446. The van der Waals surface area contributed by atoms with Crippen LogP contribution in [-0.4, -0.2) is 24.6 Å². The van der Waals surface area contributed by atoms with Crippen LogP contribution in [-0.2, 0) is 21.7 Å². The largest absolute Gasteiger partial charge is 0.507 e. The first-order chi connectivity index (χ1) is 29.0. The number of benzene rings is 5. The number of aromatic nitrogens is 4. The minimum absolute atomic E-state index is 0.0690.